The van der Waals surface area contributed by atoms with Gasteiger partial charge in [0.1, 0.15) is 5.75 Å². The van der Waals surface area contributed by atoms with Gasteiger partial charge in [-0.3, -0.25) is 0 Å². The van der Waals surface area contributed by atoms with Crippen molar-refractivity contribution < 1.29 is 23.0 Å². The van der Waals surface area contributed by atoms with Crippen molar-refractivity contribution in [3.8, 4) is 5.75 Å². The molecule has 4 nitrogen and oxygen atoms in total. The van der Waals surface area contributed by atoms with Crippen molar-refractivity contribution >= 4 is 28.9 Å². The summed E-state index contributed by atoms with van der Waals surface area (Å²) >= 11 is 10.8. The highest BCUT2D eigenvalue weighted by atomic mass is 35.5. The summed E-state index contributed by atoms with van der Waals surface area (Å²) < 4.78 is 43.5. The van der Waals surface area contributed by atoms with Crippen molar-refractivity contribution in [3.05, 3.63) is 40.7 Å². The van der Waals surface area contributed by atoms with Gasteiger partial charge < -0.3 is 15.6 Å². The first-order chi connectivity index (χ1) is 9.59. The lowest BCUT2D eigenvalue weighted by Crippen LogP contribution is -2.13. The molecule has 1 unspecified atom stereocenters. The van der Waals surface area contributed by atoms with Gasteiger partial charge in [0.15, 0.2) is 5.88 Å². The van der Waals surface area contributed by atoms with Crippen LogP contribution in [0.15, 0.2) is 35.2 Å². The van der Waals surface area contributed by atoms with Crippen LogP contribution in [-0.4, -0.2) is 16.5 Å². The van der Waals surface area contributed by atoms with Crippen molar-refractivity contribution in [1.29, 1.82) is 0 Å². The molecular formula is C12H11Cl2F3N2O2. The van der Waals surface area contributed by atoms with Crippen LogP contribution in [0.4, 0.5) is 13.2 Å². The van der Waals surface area contributed by atoms with E-state index in [9.17, 15) is 13.2 Å². The van der Waals surface area contributed by atoms with E-state index >= 15 is 0 Å². The zero-order valence-electron chi connectivity index (χ0n) is 10.7. The number of hydrogen-bond donors (Lipinski definition) is 2. The Labute approximate surface area is 128 Å². The summed E-state index contributed by atoms with van der Waals surface area (Å²) in [5, 5.41) is 8.73. The Kier molecular flexibility index (Phi) is 5.88. The Hall–Kier alpha value is -1.44. The summed E-state index contributed by atoms with van der Waals surface area (Å²) in [6.45, 7) is 1.44. The average Bonchev–Trinajstić information content (AvgIpc) is 2.28. The maximum Gasteiger partial charge on any atom is 0.420 e. The standard InChI is InChI=1S/C12H11Cl2F3N2O2/c1-6(19-11(14)20)4-10(18)21-9-3-2-7(13)5-8(9)12(15,16)17/h2-5,11,20H,18H2,1H3. The van der Waals surface area contributed by atoms with E-state index < -0.39 is 23.2 Å². The number of rotatable bonds is 4. The molecule has 1 aromatic rings. The second kappa shape index (κ2) is 7.02. The molecule has 0 spiro atoms. The number of aliphatic hydroxyl groups excluding tert-OH is 1. The van der Waals surface area contributed by atoms with E-state index in [1.807, 2.05) is 0 Å². The van der Waals surface area contributed by atoms with E-state index in [0.29, 0.717) is 0 Å². The smallest absolute Gasteiger partial charge is 0.420 e. The van der Waals surface area contributed by atoms with Gasteiger partial charge in [0.2, 0.25) is 5.69 Å². The topological polar surface area (TPSA) is 67.8 Å². The van der Waals surface area contributed by atoms with Crippen LogP contribution in [0.2, 0.25) is 5.02 Å². The van der Waals surface area contributed by atoms with Crippen LogP contribution in [0.1, 0.15) is 12.5 Å². The predicted molar refractivity (Wildman–Crippen MR) is 74.3 cm³/mol. The number of benzene rings is 1. The molecule has 1 atom stereocenters. The van der Waals surface area contributed by atoms with Gasteiger partial charge in [0.25, 0.3) is 0 Å². The molecular weight excluding hydrogens is 332 g/mol. The minimum atomic E-state index is -4.64. The SMILES string of the molecule is CC(C=C(N)Oc1ccc(Cl)cc1C(F)(F)F)=NC(O)Cl. The molecule has 0 bridgehead atoms. The first kappa shape index (κ1) is 17.6. The third kappa shape index (κ3) is 5.82. The van der Waals surface area contributed by atoms with E-state index in [2.05, 4.69) is 4.99 Å². The number of allylic oxidation sites excluding steroid dienone is 1. The summed E-state index contributed by atoms with van der Waals surface area (Å²) in [5.74, 6) is -0.846. The highest BCUT2D eigenvalue weighted by molar-refractivity contribution is 6.30. The fourth-order valence-electron chi connectivity index (χ4n) is 1.38. The Bertz CT molecular complexity index is 572. The van der Waals surface area contributed by atoms with Gasteiger partial charge in [-0.15, -0.1) is 0 Å². The monoisotopic (exact) mass is 342 g/mol. The van der Waals surface area contributed by atoms with E-state index in [1.165, 1.54) is 13.0 Å². The van der Waals surface area contributed by atoms with Crippen molar-refractivity contribution in [2.75, 3.05) is 0 Å². The number of alkyl halides is 4. The largest absolute Gasteiger partial charge is 0.441 e. The van der Waals surface area contributed by atoms with Crippen LogP contribution in [-0.2, 0) is 6.18 Å². The van der Waals surface area contributed by atoms with Gasteiger partial charge in [-0.05, 0) is 25.1 Å². The summed E-state index contributed by atoms with van der Waals surface area (Å²) in [7, 11) is 0. The summed E-state index contributed by atoms with van der Waals surface area (Å²) in [6, 6.07) is 3.02. The van der Waals surface area contributed by atoms with E-state index in [1.54, 1.807) is 0 Å². The average molecular weight is 343 g/mol. The second-order valence-electron chi connectivity index (χ2n) is 3.87. The van der Waals surface area contributed by atoms with Gasteiger partial charge in [-0.25, -0.2) is 4.99 Å². The molecule has 0 fully saturated rings. The lowest BCUT2D eigenvalue weighted by Gasteiger charge is -2.14. The molecule has 0 amide bonds. The molecule has 0 aliphatic rings. The number of aliphatic hydroxyl groups is 1. The minimum absolute atomic E-state index is 0.0831. The van der Waals surface area contributed by atoms with Crippen LogP contribution in [0.5, 0.6) is 5.75 Å². The van der Waals surface area contributed by atoms with E-state index in [-0.39, 0.29) is 16.6 Å². The number of ether oxygens (including phenoxy) is 1. The number of hydrogen-bond acceptors (Lipinski definition) is 4. The number of nitrogens with zero attached hydrogens (tertiary/aromatic N) is 1. The molecule has 3 N–H and O–H groups in total. The summed E-state index contributed by atoms with van der Waals surface area (Å²) in [6.07, 6.45) is -3.52. The molecule has 21 heavy (non-hydrogen) atoms. The molecule has 116 valence electrons. The highest BCUT2D eigenvalue weighted by Gasteiger charge is 2.34. The van der Waals surface area contributed by atoms with Gasteiger partial charge in [-0.2, -0.15) is 13.2 Å². The third-order valence-corrected chi connectivity index (χ3v) is 2.47. The van der Waals surface area contributed by atoms with Crippen LogP contribution < -0.4 is 10.5 Å². The molecule has 9 heteroatoms. The van der Waals surface area contributed by atoms with Crippen LogP contribution >= 0.6 is 23.2 Å². The normalized spacial score (nSPS) is 15.0. The van der Waals surface area contributed by atoms with Gasteiger partial charge in [0.05, 0.1) is 5.56 Å². The first-order valence-corrected chi connectivity index (χ1v) is 6.29. The molecule has 0 saturated carbocycles. The number of nitrogens with two attached hydrogens (primary N) is 1. The molecule has 0 heterocycles. The van der Waals surface area contributed by atoms with Crippen molar-refractivity contribution in [1.82, 2.24) is 0 Å². The molecule has 0 aromatic heterocycles. The fraction of sp³-hybridized carbons (Fsp3) is 0.250. The second-order valence-corrected chi connectivity index (χ2v) is 4.69. The van der Waals surface area contributed by atoms with Crippen molar-refractivity contribution in [2.45, 2.75) is 18.8 Å². The fourth-order valence-corrected chi connectivity index (χ4v) is 1.71. The van der Waals surface area contributed by atoms with E-state index in [4.69, 9.17) is 38.8 Å². The Balaban J connectivity index is 3.06. The zero-order valence-corrected chi connectivity index (χ0v) is 12.2. The minimum Gasteiger partial charge on any atom is -0.441 e. The highest BCUT2D eigenvalue weighted by Crippen LogP contribution is 2.38. The third-order valence-electron chi connectivity index (χ3n) is 2.14. The Morgan fingerprint density at radius 2 is 2.10 bits per heavy atom. The molecule has 0 aliphatic carbocycles. The molecule has 1 aromatic carbocycles. The number of aliphatic imine (C=N–C) groups is 1. The zero-order chi connectivity index (χ0) is 16.2. The van der Waals surface area contributed by atoms with Crippen LogP contribution in [0.25, 0.3) is 0 Å². The molecule has 0 radical (unpaired) electrons. The van der Waals surface area contributed by atoms with Gasteiger partial charge >= 0.3 is 6.18 Å². The quantitative estimate of drug-likeness (QED) is 0.380. The summed E-state index contributed by atoms with van der Waals surface area (Å²) in [4.78, 5) is 3.50. The molecule has 1 rings (SSSR count). The predicted octanol–water partition coefficient (Wildman–Crippen LogP) is 3.51. The molecule has 0 aliphatic heterocycles. The van der Waals surface area contributed by atoms with Crippen LogP contribution in [0, 0.1) is 0 Å². The number of halogens is 5. The Morgan fingerprint density at radius 3 is 2.62 bits per heavy atom. The Morgan fingerprint density at radius 1 is 1.48 bits per heavy atom. The lowest BCUT2D eigenvalue weighted by molar-refractivity contribution is -0.138. The maximum absolute atomic E-state index is 12.8. The van der Waals surface area contributed by atoms with Crippen molar-refractivity contribution in [3.63, 3.8) is 0 Å². The van der Waals surface area contributed by atoms with Gasteiger partial charge in [0, 0.05) is 16.8 Å². The van der Waals surface area contributed by atoms with Crippen LogP contribution in [0.3, 0.4) is 0 Å². The maximum atomic E-state index is 12.8. The van der Waals surface area contributed by atoms with Gasteiger partial charge in [-0.1, -0.05) is 23.2 Å². The van der Waals surface area contributed by atoms with E-state index in [0.717, 1.165) is 18.2 Å². The first-order valence-electron chi connectivity index (χ1n) is 5.48. The lowest BCUT2D eigenvalue weighted by atomic mass is 10.2. The summed E-state index contributed by atoms with van der Waals surface area (Å²) in [5.41, 5.74) is 3.11. The molecule has 0 saturated heterocycles. The van der Waals surface area contributed by atoms with Crippen molar-refractivity contribution in [2.24, 2.45) is 10.7 Å².